The first-order valence-electron chi connectivity index (χ1n) is 10.7. The van der Waals surface area contributed by atoms with E-state index in [0.717, 1.165) is 16.7 Å². The minimum absolute atomic E-state index is 0.172. The van der Waals surface area contributed by atoms with E-state index in [-0.39, 0.29) is 11.8 Å². The number of carbonyl (C=O) groups excluding carboxylic acids is 2. The third-order valence-corrected chi connectivity index (χ3v) is 5.88. The summed E-state index contributed by atoms with van der Waals surface area (Å²) >= 11 is 0. The number of amides is 2. The normalized spacial score (nSPS) is 15.1. The predicted octanol–water partition coefficient (Wildman–Crippen LogP) is 3.72. The topological polar surface area (TPSA) is 88.3 Å². The number of aromatic nitrogens is 2. The second-order valence-corrected chi connectivity index (χ2v) is 7.89. The van der Waals surface area contributed by atoms with E-state index >= 15 is 0 Å². The van der Waals surface area contributed by atoms with Crippen molar-refractivity contribution in [2.75, 3.05) is 7.05 Å². The zero-order valence-corrected chi connectivity index (χ0v) is 18.1. The number of nitrogens with one attached hydrogen (secondary N) is 1. The van der Waals surface area contributed by atoms with Gasteiger partial charge in [0.15, 0.2) is 0 Å². The molecule has 2 heterocycles. The Balaban J connectivity index is 1.39. The summed E-state index contributed by atoms with van der Waals surface area (Å²) in [5, 5.41) is 10.9. The summed E-state index contributed by atoms with van der Waals surface area (Å²) in [6, 6.07) is 23.9. The van der Waals surface area contributed by atoms with Crippen LogP contribution in [0.4, 0.5) is 0 Å². The molecule has 0 aliphatic carbocycles. The third kappa shape index (κ3) is 4.01. The SMILES string of the molecule is CNC(=O)[C@@H]1Cc2ccccc2CN1C(=O)c1ccc(-c2nnc(-c3ccccc3)o2)cc1. The Morgan fingerprint density at radius 3 is 2.12 bits per heavy atom. The van der Waals surface area contributed by atoms with Crippen molar-refractivity contribution in [1.82, 2.24) is 20.4 Å². The fraction of sp³-hybridized carbons (Fsp3) is 0.154. The molecule has 4 aromatic rings. The molecule has 33 heavy (non-hydrogen) atoms. The molecule has 3 aromatic carbocycles. The summed E-state index contributed by atoms with van der Waals surface area (Å²) < 4.78 is 5.80. The highest BCUT2D eigenvalue weighted by molar-refractivity contribution is 5.98. The van der Waals surface area contributed by atoms with Gasteiger partial charge in [-0.05, 0) is 47.5 Å². The number of likely N-dealkylation sites (N-methyl/N-ethyl adjacent to an activating group) is 1. The van der Waals surface area contributed by atoms with Crippen molar-refractivity contribution >= 4 is 11.8 Å². The highest BCUT2D eigenvalue weighted by Crippen LogP contribution is 2.27. The predicted molar refractivity (Wildman–Crippen MR) is 123 cm³/mol. The van der Waals surface area contributed by atoms with E-state index in [1.54, 1.807) is 36.2 Å². The molecule has 5 rings (SSSR count). The molecule has 0 saturated heterocycles. The molecule has 0 spiro atoms. The molecule has 7 nitrogen and oxygen atoms in total. The van der Waals surface area contributed by atoms with Crippen LogP contribution in [0.25, 0.3) is 22.9 Å². The molecule has 1 N–H and O–H groups in total. The van der Waals surface area contributed by atoms with E-state index in [0.29, 0.717) is 35.9 Å². The van der Waals surface area contributed by atoms with Crippen LogP contribution in [-0.4, -0.2) is 40.0 Å². The van der Waals surface area contributed by atoms with E-state index in [1.165, 1.54) is 0 Å². The Morgan fingerprint density at radius 1 is 0.848 bits per heavy atom. The van der Waals surface area contributed by atoms with Crippen LogP contribution < -0.4 is 5.32 Å². The molecule has 7 heteroatoms. The average molecular weight is 438 g/mol. The number of carbonyl (C=O) groups is 2. The second kappa shape index (κ2) is 8.70. The van der Waals surface area contributed by atoms with Gasteiger partial charge in [0.05, 0.1) is 0 Å². The molecule has 0 unspecified atom stereocenters. The molecular weight excluding hydrogens is 416 g/mol. The minimum Gasteiger partial charge on any atom is -0.416 e. The first-order chi connectivity index (χ1) is 16.1. The Bertz CT molecular complexity index is 1300. The average Bonchev–Trinajstić information content (AvgIpc) is 3.38. The summed E-state index contributed by atoms with van der Waals surface area (Å²) in [6.07, 6.45) is 0.490. The Hall–Kier alpha value is -4.26. The highest BCUT2D eigenvalue weighted by Gasteiger charge is 2.34. The molecular formula is C26H22N4O3. The number of fused-ring (bicyclic) bond motifs is 1. The third-order valence-electron chi connectivity index (χ3n) is 5.88. The van der Waals surface area contributed by atoms with Crippen molar-refractivity contribution in [3.63, 3.8) is 0 Å². The van der Waals surface area contributed by atoms with E-state index in [4.69, 9.17) is 4.42 Å². The molecule has 1 atom stereocenters. The molecule has 164 valence electrons. The van der Waals surface area contributed by atoms with Crippen LogP contribution in [0.1, 0.15) is 21.5 Å². The molecule has 0 bridgehead atoms. The van der Waals surface area contributed by atoms with Gasteiger partial charge in [-0.1, -0.05) is 42.5 Å². The zero-order chi connectivity index (χ0) is 22.8. The number of benzene rings is 3. The van der Waals surface area contributed by atoms with Crippen LogP contribution in [0.5, 0.6) is 0 Å². The van der Waals surface area contributed by atoms with Gasteiger partial charge in [-0.3, -0.25) is 9.59 Å². The summed E-state index contributed by atoms with van der Waals surface area (Å²) in [5.74, 6) is 0.447. The van der Waals surface area contributed by atoms with Crippen molar-refractivity contribution < 1.29 is 14.0 Å². The van der Waals surface area contributed by atoms with Gasteiger partial charge in [0.1, 0.15) is 6.04 Å². The number of rotatable bonds is 4. The molecule has 0 saturated carbocycles. The lowest BCUT2D eigenvalue weighted by Gasteiger charge is -2.35. The number of hydrogen-bond donors (Lipinski definition) is 1. The smallest absolute Gasteiger partial charge is 0.254 e. The number of hydrogen-bond acceptors (Lipinski definition) is 5. The van der Waals surface area contributed by atoms with Crippen LogP contribution in [0.3, 0.4) is 0 Å². The van der Waals surface area contributed by atoms with Crippen LogP contribution in [0, 0.1) is 0 Å². The van der Waals surface area contributed by atoms with Crippen molar-refractivity contribution in [1.29, 1.82) is 0 Å². The molecule has 1 aliphatic rings. The first kappa shape index (κ1) is 20.6. The molecule has 0 fully saturated rings. The molecule has 2 amide bonds. The summed E-state index contributed by atoms with van der Waals surface area (Å²) in [4.78, 5) is 27.6. The van der Waals surface area contributed by atoms with Gasteiger partial charge in [0.25, 0.3) is 5.91 Å². The maximum Gasteiger partial charge on any atom is 0.254 e. The molecule has 1 aromatic heterocycles. The van der Waals surface area contributed by atoms with Crippen molar-refractivity contribution in [2.45, 2.75) is 19.0 Å². The fourth-order valence-corrected chi connectivity index (χ4v) is 4.10. The van der Waals surface area contributed by atoms with Gasteiger partial charge in [-0.15, -0.1) is 10.2 Å². The standard InChI is InChI=1S/C26H22N4O3/c1-27-23(31)22-15-20-9-5-6-10-21(20)16-30(22)26(32)19-13-11-18(12-14-19)25-29-28-24(33-25)17-7-3-2-4-8-17/h2-14,22H,15-16H2,1H3,(H,27,31)/t22-/m0/s1. The van der Waals surface area contributed by atoms with Gasteiger partial charge >= 0.3 is 0 Å². The summed E-state index contributed by atoms with van der Waals surface area (Å²) in [7, 11) is 1.59. The maximum atomic E-state index is 13.4. The van der Waals surface area contributed by atoms with E-state index in [9.17, 15) is 9.59 Å². The molecule has 1 aliphatic heterocycles. The fourth-order valence-electron chi connectivity index (χ4n) is 4.10. The lowest BCUT2D eigenvalue weighted by molar-refractivity contribution is -0.125. The minimum atomic E-state index is -0.554. The zero-order valence-electron chi connectivity index (χ0n) is 18.1. The van der Waals surface area contributed by atoms with E-state index in [1.807, 2.05) is 54.6 Å². The maximum absolute atomic E-state index is 13.4. The van der Waals surface area contributed by atoms with Crippen LogP contribution >= 0.6 is 0 Å². The quantitative estimate of drug-likeness (QED) is 0.525. The van der Waals surface area contributed by atoms with Gasteiger partial charge in [-0.25, -0.2) is 0 Å². The monoisotopic (exact) mass is 438 g/mol. The van der Waals surface area contributed by atoms with E-state index < -0.39 is 6.04 Å². The first-order valence-corrected chi connectivity index (χ1v) is 10.7. The van der Waals surface area contributed by atoms with Crippen LogP contribution in [0.2, 0.25) is 0 Å². The largest absolute Gasteiger partial charge is 0.416 e. The van der Waals surface area contributed by atoms with Crippen LogP contribution in [0.15, 0.2) is 83.3 Å². The second-order valence-electron chi connectivity index (χ2n) is 7.89. The Kier molecular flexibility index (Phi) is 5.44. The van der Waals surface area contributed by atoms with Gasteiger partial charge in [-0.2, -0.15) is 0 Å². The highest BCUT2D eigenvalue weighted by atomic mass is 16.4. The molecule has 0 radical (unpaired) electrons. The van der Waals surface area contributed by atoms with Crippen molar-refractivity contribution in [3.8, 4) is 22.9 Å². The van der Waals surface area contributed by atoms with Gasteiger partial charge in [0.2, 0.25) is 17.7 Å². The Labute approximate surface area is 191 Å². The lowest BCUT2D eigenvalue weighted by atomic mass is 9.92. The summed E-state index contributed by atoms with van der Waals surface area (Å²) in [6.45, 7) is 0.388. The Morgan fingerprint density at radius 2 is 1.45 bits per heavy atom. The van der Waals surface area contributed by atoms with E-state index in [2.05, 4.69) is 15.5 Å². The lowest BCUT2D eigenvalue weighted by Crippen LogP contribution is -2.51. The van der Waals surface area contributed by atoms with Crippen molar-refractivity contribution in [2.24, 2.45) is 0 Å². The van der Waals surface area contributed by atoms with Gasteiger partial charge in [0, 0.05) is 36.7 Å². The van der Waals surface area contributed by atoms with Crippen LogP contribution in [-0.2, 0) is 17.8 Å². The van der Waals surface area contributed by atoms with Crippen molar-refractivity contribution in [3.05, 3.63) is 95.6 Å². The van der Waals surface area contributed by atoms with Gasteiger partial charge < -0.3 is 14.6 Å². The summed E-state index contributed by atoms with van der Waals surface area (Å²) in [5.41, 5.74) is 4.20. The number of nitrogens with zero attached hydrogens (tertiary/aromatic N) is 3.